The summed E-state index contributed by atoms with van der Waals surface area (Å²) in [5.74, 6) is 0.565. The molecule has 0 bridgehead atoms. The smallest absolute Gasteiger partial charge is 0.193 e. The maximum atomic E-state index is 13.4. The lowest BCUT2D eigenvalue weighted by Crippen LogP contribution is -2.44. The molecule has 2 aromatic carbocycles. The molecule has 5 heteroatoms. The molecule has 0 radical (unpaired) electrons. The molecule has 2 N–H and O–H groups in total. The maximum Gasteiger partial charge on any atom is 0.193 e. The summed E-state index contributed by atoms with van der Waals surface area (Å²) in [6.45, 7) is 0. The Balaban J connectivity index is 1.92. The van der Waals surface area contributed by atoms with Crippen LogP contribution in [0.3, 0.4) is 0 Å². The van der Waals surface area contributed by atoms with E-state index in [4.69, 9.17) is 16.6 Å². The second-order valence-corrected chi connectivity index (χ2v) is 6.30. The average Bonchev–Trinajstić information content (AvgIpc) is 3.23. The van der Waals surface area contributed by atoms with E-state index in [1.807, 2.05) is 66.7 Å². The number of carbonyl (C=O) groups is 1. The molecule has 1 atom stereocenters. The van der Waals surface area contributed by atoms with Crippen molar-refractivity contribution in [2.45, 2.75) is 6.04 Å². The largest absolute Gasteiger partial charge is 0.467 e. The number of hydrogen-bond donors (Lipinski definition) is 2. The summed E-state index contributed by atoms with van der Waals surface area (Å²) in [4.78, 5) is 13.4. The molecule has 26 heavy (non-hydrogen) atoms. The van der Waals surface area contributed by atoms with E-state index in [0.717, 1.165) is 5.56 Å². The Morgan fingerprint density at radius 2 is 1.62 bits per heavy atom. The molecule has 0 amide bonds. The first-order valence-corrected chi connectivity index (χ1v) is 8.65. The quantitative estimate of drug-likeness (QED) is 0.542. The topological polar surface area (TPSA) is 54.3 Å². The van der Waals surface area contributed by atoms with Crippen molar-refractivity contribution in [2.24, 2.45) is 0 Å². The van der Waals surface area contributed by atoms with Gasteiger partial charge in [0.15, 0.2) is 10.9 Å². The van der Waals surface area contributed by atoms with Gasteiger partial charge in [-0.3, -0.25) is 4.79 Å². The molecule has 1 unspecified atom stereocenters. The van der Waals surface area contributed by atoms with Gasteiger partial charge in [-0.25, -0.2) is 0 Å². The molecule has 0 saturated heterocycles. The number of rotatable bonds is 4. The van der Waals surface area contributed by atoms with Gasteiger partial charge in [-0.15, -0.1) is 0 Å². The van der Waals surface area contributed by atoms with Gasteiger partial charge < -0.3 is 15.1 Å². The summed E-state index contributed by atoms with van der Waals surface area (Å²) < 4.78 is 5.59. The van der Waals surface area contributed by atoms with Gasteiger partial charge in [0.25, 0.3) is 0 Å². The van der Waals surface area contributed by atoms with Crippen LogP contribution >= 0.6 is 12.2 Å². The molecule has 128 valence electrons. The molecule has 1 aliphatic rings. The Labute approximate surface area is 156 Å². The number of carbonyl (C=O) groups excluding carboxylic acids is 1. The van der Waals surface area contributed by atoms with Crippen LogP contribution in [0.2, 0.25) is 0 Å². The molecule has 2 heterocycles. The van der Waals surface area contributed by atoms with Crippen LogP contribution < -0.4 is 10.6 Å². The maximum absolute atomic E-state index is 13.4. The Bertz CT molecular complexity index is 964. The van der Waals surface area contributed by atoms with Gasteiger partial charge in [-0.1, -0.05) is 60.7 Å². The first-order chi connectivity index (χ1) is 12.7. The van der Waals surface area contributed by atoms with Crippen LogP contribution in [0.5, 0.6) is 0 Å². The van der Waals surface area contributed by atoms with E-state index in [9.17, 15) is 4.79 Å². The second-order valence-electron chi connectivity index (χ2n) is 5.90. The Morgan fingerprint density at radius 1 is 0.923 bits per heavy atom. The van der Waals surface area contributed by atoms with E-state index in [1.165, 1.54) is 0 Å². The third kappa shape index (κ3) is 3.05. The minimum absolute atomic E-state index is 0.0756. The van der Waals surface area contributed by atoms with Gasteiger partial charge in [0.05, 0.1) is 17.5 Å². The highest BCUT2D eigenvalue weighted by atomic mass is 32.1. The van der Waals surface area contributed by atoms with Gasteiger partial charge in [0, 0.05) is 5.56 Å². The Kier molecular flexibility index (Phi) is 4.37. The molecule has 0 fully saturated rings. The summed E-state index contributed by atoms with van der Waals surface area (Å²) >= 11 is 5.38. The minimum Gasteiger partial charge on any atom is -0.467 e. The van der Waals surface area contributed by atoms with Crippen molar-refractivity contribution in [3.63, 3.8) is 0 Å². The normalized spacial score (nSPS) is 16.8. The van der Waals surface area contributed by atoms with Crippen LogP contribution in [0.25, 0.3) is 5.70 Å². The van der Waals surface area contributed by atoms with Crippen molar-refractivity contribution in [2.75, 3.05) is 0 Å². The van der Waals surface area contributed by atoms with Crippen LogP contribution in [-0.4, -0.2) is 10.9 Å². The van der Waals surface area contributed by atoms with Crippen molar-refractivity contribution in [3.05, 3.63) is 102 Å². The van der Waals surface area contributed by atoms with Crippen molar-refractivity contribution in [1.29, 1.82) is 0 Å². The highest BCUT2D eigenvalue weighted by Crippen LogP contribution is 2.33. The average molecular weight is 360 g/mol. The molecule has 0 aliphatic carbocycles. The van der Waals surface area contributed by atoms with E-state index < -0.39 is 6.04 Å². The lowest BCUT2D eigenvalue weighted by molar-refractivity contribution is 0.102. The van der Waals surface area contributed by atoms with E-state index in [-0.39, 0.29) is 5.78 Å². The highest BCUT2D eigenvalue weighted by Gasteiger charge is 2.33. The van der Waals surface area contributed by atoms with Crippen molar-refractivity contribution < 1.29 is 9.21 Å². The molecule has 4 nitrogen and oxygen atoms in total. The first kappa shape index (κ1) is 16.3. The zero-order valence-corrected chi connectivity index (χ0v) is 14.6. The molecule has 0 spiro atoms. The summed E-state index contributed by atoms with van der Waals surface area (Å²) in [6.07, 6.45) is 1.59. The van der Waals surface area contributed by atoms with Crippen molar-refractivity contribution in [3.8, 4) is 0 Å². The summed E-state index contributed by atoms with van der Waals surface area (Å²) in [5, 5.41) is 6.78. The number of hydrogen-bond acceptors (Lipinski definition) is 3. The lowest BCUT2D eigenvalue weighted by atomic mass is 9.90. The van der Waals surface area contributed by atoms with Crippen molar-refractivity contribution >= 4 is 28.8 Å². The highest BCUT2D eigenvalue weighted by molar-refractivity contribution is 7.80. The minimum atomic E-state index is -0.457. The van der Waals surface area contributed by atoms with E-state index in [0.29, 0.717) is 27.7 Å². The predicted molar refractivity (Wildman–Crippen MR) is 104 cm³/mol. The molecule has 3 aromatic rings. The van der Waals surface area contributed by atoms with Gasteiger partial charge in [0.2, 0.25) is 0 Å². The van der Waals surface area contributed by atoms with Gasteiger partial charge in [0.1, 0.15) is 11.8 Å². The monoisotopic (exact) mass is 360 g/mol. The summed E-state index contributed by atoms with van der Waals surface area (Å²) in [6, 6.07) is 22.1. The number of furan rings is 1. The Morgan fingerprint density at radius 3 is 2.27 bits per heavy atom. The molecule has 4 rings (SSSR count). The van der Waals surface area contributed by atoms with Gasteiger partial charge >= 0.3 is 0 Å². The van der Waals surface area contributed by atoms with Crippen LogP contribution in [-0.2, 0) is 0 Å². The number of Topliss-reactive ketones (excluding diaryl/α,β-unsaturated/α-hetero) is 1. The standard InChI is InChI=1S/C21H16N2O2S/c24-20(15-10-5-2-6-11-15)17-18(14-8-3-1-4-9-14)22-21(26)23-19(17)16-12-7-13-25-16/h1-13,19H,(H2,22,23,26). The van der Waals surface area contributed by atoms with Crippen molar-refractivity contribution in [1.82, 2.24) is 10.6 Å². The molecule has 1 aliphatic heterocycles. The first-order valence-electron chi connectivity index (χ1n) is 8.24. The third-order valence-electron chi connectivity index (χ3n) is 4.24. The van der Waals surface area contributed by atoms with Gasteiger partial charge in [-0.05, 0) is 29.9 Å². The number of benzene rings is 2. The summed E-state index contributed by atoms with van der Waals surface area (Å²) in [7, 11) is 0. The van der Waals surface area contributed by atoms with Crippen LogP contribution in [0.1, 0.15) is 27.7 Å². The number of nitrogens with one attached hydrogen (secondary N) is 2. The molecule has 0 saturated carbocycles. The molecular formula is C21H16N2O2S. The zero-order chi connectivity index (χ0) is 17.9. The molecular weight excluding hydrogens is 344 g/mol. The number of thiocarbonyl (C=S) groups is 1. The summed E-state index contributed by atoms with van der Waals surface area (Å²) in [5.41, 5.74) is 2.78. The predicted octanol–water partition coefficient (Wildman–Crippen LogP) is 4.09. The van der Waals surface area contributed by atoms with E-state index >= 15 is 0 Å². The molecule has 1 aromatic heterocycles. The Hall–Kier alpha value is -3.18. The van der Waals surface area contributed by atoms with E-state index in [2.05, 4.69) is 10.6 Å². The zero-order valence-electron chi connectivity index (χ0n) is 13.8. The van der Waals surface area contributed by atoms with Crippen LogP contribution in [0, 0.1) is 0 Å². The van der Waals surface area contributed by atoms with Crippen LogP contribution in [0.4, 0.5) is 0 Å². The third-order valence-corrected chi connectivity index (χ3v) is 4.46. The fraction of sp³-hybridized carbons (Fsp3) is 0.0476. The second kappa shape index (κ2) is 6.98. The van der Waals surface area contributed by atoms with Crippen LogP contribution in [0.15, 0.2) is 89.0 Å². The van der Waals surface area contributed by atoms with Gasteiger partial charge in [-0.2, -0.15) is 0 Å². The fourth-order valence-electron chi connectivity index (χ4n) is 3.06. The number of ketones is 1. The SMILES string of the molecule is O=C(C1=C(c2ccccc2)NC(=S)NC1c1ccco1)c1ccccc1. The fourth-order valence-corrected chi connectivity index (χ4v) is 3.28. The lowest BCUT2D eigenvalue weighted by Gasteiger charge is -2.30. The van der Waals surface area contributed by atoms with E-state index in [1.54, 1.807) is 12.3 Å².